The van der Waals surface area contributed by atoms with Crippen molar-refractivity contribution in [3.8, 4) is 0 Å². The van der Waals surface area contributed by atoms with Crippen LogP contribution in [0.5, 0.6) is 0 Å². The summed E-state index contributed by atoms with van der Waals surface area (Å²) in [6, 6.07) is 6.17. The van der Waals surface area contributed by atoms with Crippen molar-refractivity contribution >= 4 is 6.03 Å². The highest BCUT2D eigenvalue weighted by Crippen LogP contribution is 2.22. The van der Waals surface area contributed by atoms with Gasteiger partial charge in [0.2, 0.25) is 0 Å². The molecule has 1 N–H and O–H groups in total. The molecule has 0 bridgehead atoms. The van der Waals surface area contributed by atoms with Crippen molar-refractivity contribution < 1.29 is 18.7 Å². The number of hydrogen-bond acceptors (Lipinski definition) is 3. The van der Waals surface area contributed by atoms with Crippen LogP contribution in [0.1, 0.15) is 25.0 Å². The molecule has 1 saturated heterocycles. The minimum Gasteiger partial charge on any atom is -0.383 e. The molecule has 0 saturated carbocycles. The number of amides is 2. The van der Waals surface area contributed by atoms with Gasteiger partial charge in [0.15, 0.2) is 0 Å². The van der Waals surface area contributed by atoms with E-state index in [4.69, 9.17) is 9.47 Å². The molecule has 0 radical (unpaired) electrons. The number of benzene rings is 1. The standard InChI is InChI=1S/C16H23FN2O3/c1-3-14(11-21-2)18-16(20)19-7-8-22-15(10-19)12-5-4-6-13(17)9-12/h4-6,9,14-15H,3,7-8,10-11H2,1-2H3,(H,18,20). The lowest BCUT2D eigenvalue weighted by Gasteiger charge is -2.34. The minimum absolute atomic E-state index is 0.00651. The van der Waals surface area contributed by atoms with Gasteiger partial charge in [-0.15, -0.1) is 0 Å². The van der Waals surface area contributed by atoms with Crippen LogP contribution in [0.3, 0.4) is 0 Å². The number of carbonyl (C=O) groups is 1. The number of nitrogens with one attached hydrogen (secondary N) is 1. The van der Waals surface area contributed by atoms with Gasteiger partial charge in [0.05, 0.1) is 25.8 Å². The van der Waals surface area contributed by atoms with Crippen molar-refractivity contribution in [1.29, 1.82) is 0 Å². The Bertz CT molecular complexity index is 498. The minimum atomic E-state index is -0.297. The summed E-state index contributed by atoms with van der Waals surface area (Å²) >= 11 is 0. The van der Waals surface area contributed by atoms with Crippen LogP contribution in [0.4, 0.5) is 9.18 Å². The molecule has 2 atom stereocenters. The highest BCUT2D eigenvalue weighted by Gasteiger charge is 2.26. The molecule has 1 fully saturated rings. The van der Waals surface area contributed by atoms with Crippen molar-refractivity contribution in [2.45, 2.75) is 25.5 Å². The zero-order valence-corrected chi connectivity index (χ0v) is 13.0. The Morgan fingerprint density at radius 2 is 2.41 bits per heavy atom. The Morgan fingerprint density at radius 1 is 1.59 bits per heavy atom. The largest absolute Gasteiger partial charge is 0.383 e. The number of morpholine rings is 1. The SMILES string of the molecule is CCC(COC)NC(=O)N1CCOC(c2cccc(F)c2)C1. The average molecular weight is 310 g/mol. The number of carbonyl (C=O) groups excluding carboxylic acids is 1. The highest BCUT2D eigenvalue weighted by molar-refractivity contribution is 5.74. The maximum atomic E-state index is 13.3. The molecule has 22 heavy (non-hydrogen) atoms. The quantitative estimate of drug-likeness (QED) is 0.908. The van der Waals surface area contributed by atoms with E-state index >= 15 is 0 Å². The smallest absolute Gasteiger partial charge is 0.317 e. The lowest BCUT2D eigenvalue weighted by atomic mass is 10.1. The summed E-state index contributed by atoms with van der Waals surface area (Å²) < 4.78 is 24.1. The second kappa shape index (κ2) is 8.10. The van der Waals surface area contributed by atoms with Crippen LogP contribution in [0.25, 0.3) is 0 Å². The van der Waals surface area contributed by atoms with E-state index in [2.05, 4.69) is 5.32 Å². The first-order valence-corrected chi connectivity index (χ1v) is 7.55. The van der Waals surface area contributed by atoms with Gasteiger partial charge in [0.1, 0.15) is 11.9 Å². The van der Waals surface area contributed by atoms with Gasteiger partial charge in [-0.2, -0.15) is 0 Å². The summed E-state index contributed by atoms with van der Waals surface area (Å²) in [5.41, 5.74) is 0.751. The van der Waals surface area contributed by atoms with Crippen LogP contribution in [-0.2, 0) is 9.47 Å². The maximum Gasteiger partial charge on any atom is 0.317 e. The molecule has 0 spiro atoms. The molecule has 0 aliphatic carbocycles. The summed E-state index contributed by atoms with van der Waals surface area (Å²) in [5.74, 6) is -0.297. The molecule has 2 rings (SSSR count). The van der Waals surface area contributed by atoms with E-state index in [1.165, 1.54) is 12.1 Å². The zero-order chi connectivity index (χ0) is 15.9. The number of rotatable bonds is 5. The number of methoxy groups -OCH3 is 1. The molecule has 1 aromatic rings. The Labute approximate surface area is 130 Å². The van der Waals surface area contributed by atoms with E-state index in [9.17, 15) is 9.18 Å². The van der Waals surface area contributed by atoms with Crippen LogP contribution in [0.15, 0.2) is 24.3 Å². The predicted octanol–water partition coefficient (Wildman–Crippen LogP) is 2.33. The third-order valence-electron chi connectivity index (χ3n) is 3.76. The fourth-order valence-corrected chi connectivity index (χ4v) is 2.47. The van der Waals surface area contributed by atoms with Crippen LogP contribution >= 0.6 is 0 Å². The number of hydrogen-bond donors (Lipinski definition) is 1. The molecule has 6 heteroatoms. The van der Waals surface area contributed by atoms with E-state index in [0.29, 0.717) is 26.3 Å². The molecule has 122 valence electrons. The van der Waals surface area contributed by atoms with Crippen LogP contribution in [0.2, 0.25) is 0 Å². The van der Waals surface area contributed by atoms with Gasteiger partial charge in [0, 0.05) is 13.7 Å². The van der Waals surface area contributed by atoms with Crippen molar-refractivity contribution in [3.05, 3.63) is 35.6 Å². The summed E-state index contributed by atoms with van der Waals surface area (Å²) in [4.78, 5) is 14.0. The number of ether oxygens (including phenoxy) is 2. The van der Waals surface area contributed by atoms with Gasteiger partial charge < -0.3 is 19.7 Å². The van der Waals surface area contributed by atoms with Crippen molar-refractivity contribution in [2.24, 2.45) is 0 Å². The maximum absolute atomic E-state index is 13.3. The van der Waals surface area contributed by atoms with Gasteiger partial charge in [-0.1, -0.05) is 19.1 Å². The number of halogens is 1. The molecule has 2 unspecified atom stereocenters. The van der Waals surface area contributed by atoms with E-state index < -0.39 is 0 Å². The molecule has 1 aliphatic rings. The van der Waals surface area contributed by atoms with Gasteiger partial charge >= 0.3 is 6.03 Å². The topological polar surface area (TPSA) is 50.8 Å². The van der Waals surface area contributed by atoms with Crippen LogP contribution in [0, 0.1) is 5.82 Å². The van der Waals surface area contributed by atoms with Gasteiger partial charge in [0.25, 0.3) is 0 Å². The monoisotopic (exact) mass is 310 g/mol. The normalized spacial score (nSPS) is 19.8. The number of urea groups is 1. The first kappa shape index (κ1) is 16.7. The van der Waals surface area contributed by atoms with Crippen molar-refractivity contribution in [3.63, 3.8) is 0 Å². The summed E-state index contributed by atoms with van der Waals surface area (Å²) in [6.07, 6.45) is 0.509. The van der Waals surface area contributed by atoms with Gasteiger partial charge in [-0.05, 0) is 24.1 Å². The molecule has 0 aromatic heterocycles. The molecule has 1 aliphatic heterocycles. The van der Waals surface area contributed by atoms with Crippen LogP contribution in [-0.4, -0.2) is 50.4 Å². The van der Waals surface area contributed by atoms with Crippen molar-refractivity contribution in [2.75, 3.05) is 33.4 Å². The third kappa shape index (κ3) is 4.42. The first-order chi connectivity index (χ1) is 10.6. The second-order valence-corrected chi connectivity index (χ2v) is 5.37. The van der Waals surface area contributed by atoms with E-state index in [-0.39, 0.29) is 24.0 Å². The lowest BCUT2D eigenvalue weighted by molar-refractivity contribution is -0.0162. The second-order valence-electron chi connectivity index (χ2n) is 5.37. The summed E-state index contributed by atoms with van der Waals surface area (Å²) in [7, 11) is 1.61. The summed E-state index contributed by atoms with van der Waals surface area (Å²) in [5, 5.41) is 2.95. The average Bonchev–Trinajstić information content (AvgIpc) is 2.54. The zero-order valence-electron chi connectivity index (χ0n) is 13.0. The Hall–Kier alpha value is -1.66. The fourth-order valence-electron chi connectivity index (χ4n) is 2.47. The Kier molecular flexibility index (Phi) is 6.15. The van der Waals surface area contributed by atoms with Gasteiger partial charge in [-0.25, -0.2) is 9.18 Å². The predicted molar refractivity (Wildman–Crippen MR) is 81.2 cm³/mol. The van der Waals surface area contributed by atoms with Crippen LogP contribution < -0.4 is 5.32 Å². The molecule has 5 nitrogen and oxygen atoms in total. The molecular formula is C16H23FN2O3. The van der Waals surface area contributed by atoms with Crippen molar-refractivity contribution in [1.82, 2.24) is 10.2 Å². The molecular weight excluding hydrogens is 287 g/mol. The third-order valence-corrected chi connectivity index (χ3v) is 3.76. The highest BCUT2D eigenvalue weighted by atomic mass is 19.1. The lowest BCUT2D eigenvalue weighted by Crippen LogP contribution is -2.50. The Morgan fingerprint density at radius 3 is 3.09 bits per heavy atom. The molecule has 1 aromatic carbocycles. The Balaban J connectivity index is 1.96. The van der Waals surface area contributed by atoms with E-state index in [0.717, 1.165) is 12.0 Å². The molecule has 2 amide bonds. The van der Waals surface area contributed by atoms with E-state index in [1.807, 2.05) is 13.0 Å². The number of nitrogens with zero attached hydrogens (tertiary/aromatic N) is 1. The van der Waals surface area contributed by atoms with E-state index in [1.54, 1.807) is 18.1 Å². The first-order valence-electron chi connectivity index (χ1n) is 7.55. The molecule has 1 heterocycles. The summed E-state index contributed by atoms with van der Waals surface area (Å²) in [6.45, 7) is 3.87. The van der Waals surface area contributed by atoms with Gasteiger partial charge in [-0.3, -0.25) is 0 Å². The fraction of sp³-hybridized carbons (Fsp3) is 0.562.